The van der Waals surface area contributed by atoms with Gasteiger partial charge < -0.3 is 0 Å². The third-order valence-corrected chi connectivity index (χ3v) is 10.4. The number of hydrogen-bond acceptors (Lipinski definition) is 5. The highest BCUT2D eigenvalue weighted by Crippen LogP contribution is 2.74. The van der Waals surface area contributed by atoms with E-state index in [1.54, 1.807) is 6.07 Å². The number of hydrogen-bond donors (Lipinski definition) is 0. The lowest BCUT2D eigenvalue weighted by atomic mass is 9.59. The molecule has 8 heteroatoms. The molecule has 1 aliphatic heterocycles. The van der Waals surface area contributed by atoms with Crippen LogP contribution in [0.5, 0.6) is 0 Å². The summed E-state index contributed by atoms with van der Waals surface area (Å²) in [5, 5.41) is 12.3. The number of fused-ring (bicyclic) bond motifs is 5. The Morgan fingerprint density at radius 2 is 1.00 bits per heavy atom. The van der Waals surface area contributed by atoms with Crippen LogP contribution in [0, 0.1) is 22.0 Å². The molecule has 1 saturated carbocycles. The molecule has 0 radical (unpaired) electrons. The van der Waals surface area contributed by atoms with E-state index in [4.69, 9.17) is 0 Å². The van der Waals surface area contributed by atoms with Gasteiger partial charge in [0.15, 0.2) is 5.78 Å². The zero-order valence-corrected chi connectivity index (χ0v) is 26.3. The van der Waals surface area contributed by atoms with Gasteiger partial charge in [-0.3, -0.25) is 24.5 Å². The molecule has 2 aliphatic carbocycles. The van der Waals surface area contributed by atoms with E-state index in [0.717, 1.165) is 16.0 Å². The first kappa shape index (κ1) is 29.0. The molecule has 0 spiro atoms. The lowest BCUT2D eigenvalue weighted by Gasteiger charge is -2.39. The molecule has 5 aromatic rings. The minimum Gasteiger partial charge on any atom is -0.297 e. The number of allylic oxidation sites excluding steroid dienone is 2. The highest BCUT2D eigenvalue weighted by Gasteiger charge is 2.83. The molecule has 8 rings (SSSR count). The number of halogens is 1. The molecule has 0 N–H and O–H groups in total. The van der Waals surface area contributed by atoms with Gasteiger partial charge in [0.25, 0.3) is 5.69 Å². The maximum Gasteiger partial charge on any atom is 0.294 e. The Morgan fingerprint density at radius 3 is 1.40 bits per heavy atom. The van der Waals surface area contributed by atoms with Crippen molar-refractivity contribution in [1.82, 2.24) is 0 Å². The molecular weight excluding hydrogens is 656 g/mol. The van der Waals surface area contributed by atoms with E-state index >= 15 is 14.4 Å². The van der Waals surface area contributed by atoms with Gasteiger partial charge in [0, 0.05) is 10.5 Å². The van der Waals surface area contributed by atoms with Crippen molar-refractivity contribution >= 4 is 56.0 Å². The molecule has 2 bridgehead atoms. The Bertz CT molecular complexity index is 2030. The number of ketones is 1. The van der Waals surface area contributed by atoms with E-state index < -0.39 is 39.4 Å². The van der Waals surface area contributed by atoms with Gasteiger partial charge >= 0.3 is 0 Å². The zero-order valence-electron chi connectivity index (χ0n) is 24.7. The van der Waals surface area contributed by atoms with Crippen LogP contribution in [0.4, 0.5) is 11.4 Å². The fourth-order valence-corrected chi connectivity index (χ4v) is 8.75. The van der Waals surface area contributed by atoms with Gasteiger partial charge in [0.2, 0.25) is 11.8 Å². The lowest BCUT2D eigenvalue weighted by Crippen LogP contribution is -2.45. The number of carbonyl (C=O) groups excluding carboxylic acids is 3. The maximum absolute atomic E-state index is 15.9. The van der Waals surface area contributed by atoms with Crippen LogP contribution >= 0.6 is 15.9 Å². The van der Waals surface area contributed by atoms with Crippen LogP contribution in [0.25, 0.3) is 11.1 Å². The van der Waals surface area contributed by atoms with Gasteiger partial charge in [-0.25, -0.2) is 4.90 Å². The fraction of sp³-hybridized carbons (Fsp3) is 0.103. The number of benzene rings is 5. The number of imide groups is 1. The topological polar surface area (TPSA) is 97.6 Å². The van der Waals surface area contributed by atoms with Crippen molar-refractivity contribution in [2.45, 2.75) is 10.8 Å². The summed E-state index contributed by atoms with van der Waals surface area (Å²) < 4.78 is 0.434. The Morgan fingerprint density at radius 1 is 0.596 bits per heavy atom. The fourth-order valence-electron chi connectivity index (χ4n) is 8.40. The summed E-state index contributed by atoms with van der Waals surface area (Å²) in [6.45, 7) is 0. The standard InChI is InChI=1S/C39H25BrN2O5/c40-28-21-22-29(30(23-28)42(46)47)41-35(43)33-34(36(41)44)39(27-19-11-4-12-20-27)32(25-15-7-2-8-16-25)31(24-13-5-1-6-14-24)38(33,37(39)45)26-17-9-3-10-18-26/h1-23,33-34H/t33-,34-,38+,39+/m1/s1. The quantitative estimate of drug-likeness (QED) is 0.105. The minimum atomic E-state index is -1.58. The van der Waals surface area contributed by atoms with Crippen LogP contribution in [-0.4, -0.2) is 22.5 Å². The van der Waals surface area contributed by atoms with Gasteiger partial charge in [-0.05, 0) is 45.5 Å². The molecule has 47 heavy (non-hydrogen) atoms. The molecule has 0 aromatic heterocycles. The van der Waals surface area contributed by atoms with Crippen molar-refractivity contribution in [3.8, 4) is 0 Å². The van der Waals surface area contributed by atoms with Crippen LogP contribution in [0.3, 0.4) is 0 Å². The summed E-state index contributed by atoms with van der Waals surface area (Å²) in [7, 11) is 0. The van der Waals surface area contributed by atoms with Crippen molar-refractivity contribution in [1.29, 1.82) is 0 Å². The third-order valence-electron chi connectivity index (χ3n) is 9.95. The first-order chi connectivity index (χ1) is 22.8. The smallest absolute Gasteiger partial charge is 0.294 e. The monoisotopic (exact) mass is 680 g/mol. The van der Waals surface area contributed by atoms with Crippen molar-refractivity contribution < 1.29 is 19.3 Å². The second kappa shape index (κ2) is 10.5. The van der Waals surface area contributed by atoms with E-state index in [1.165, 1.54) is 12.1 Å². The van der Waals surface area contributed by atoms with E-state index in [9.17, 15) is 10.1 Å². The highest BCUT2D eigenvalue weighted by molar-refractivity contribution is 9.10. The average Bonchev–Trinajstić information content (AvgIpc) is 3.62. The highest BCUT2D eigenvalue weighted by atomic mass is 79.9. The van der Waals surface area contributed by atoms with E-state index in [0.29, 0.717) is 26.7 Å². The molecule has 2 amide bonds. The van der Waals surface area contributed by atoms with Crippen molar-refractivity contribution in [3.63, 3.8) is 0 Å². The number of Topliss-reactive ketones (excluding diaryl/α,β-unsaturated/α-hetero) is 1. The van der Waals surface area contributed by atoms with Crippen molar-refractivity contribution in [2.24, 2.45) is 11.8 Å². The molecule has 4 atom stereocenters. The van der Waals surface area contributed by atoms with Gasteiger partial charge in [-0.1, -0.05) is 137 Å². The number of nitro benzene ring substituents is 1. The van der Waals surface area contributed by atoms with Crippen LogP contribution in [0.1, 0.15) is 22.3 Å². The molecule has 228 valence electrons. The molecule has 7 nitrogen and oxygen atoms in total. The molecule has 1 saturated heterocycles. The van der Waals surface area contributed by atoms with Crippen LogP contribution in [-0.2, 0) is 25.2 Å². The summed E-state index contributed by atoms with van der Waals surface area (Å²) >= 11 is 3.29. The van der Waals surface area contributed by atoms with Gasteiger partial charge in [0.1, 0.15) is 5.69 Å². The average molecular weight is 682 g/mol. The number of rotatable bonds is 6. The predicted molar refractivity (Wildman–Crippen MR) is 181 cm³/mol. The maximum atomic E-state index is 15.9. The summed E-state index contributed by atoms with van der Waals surface area (Å²) in [5.41, 5.74) is 0.357. The number of nitro groups is 1. The third kappa shape index (κ3) is 3.70. The predicted octanol–water partition coefficient (Wildman–Crippen LogP) is 7.55. The Hall–Kier alpha value is -5.47. The second-order valence-electron chi connectivity index (χ2n) is 12.0. The molecule has 5 aromatic carbocycles. The van der Waals surface area contributed by atoms with Crippen LogP contribution in [0.2, 0.25) is 0 Å². The number of carbonyl (C=O) groups is 3. The first-order valence-electron chi connectivity index (χ1n) is 15.2. The van der Waals surface area contributed by atoms with Crippen molar-refractivity contribution in [2.75, 3.05) is 4.90 Å². The number of amides is 2. The van der Waals surface area contributed by atoms with E-state index in [-0.39, 0.29) is 17.2 Å². The lowest BCUT2D eigenvalue weighted by molar-refractivity contribution is -0.384. The number of nitrogens with zero attached hydrogens (tertiary/aromatic N) is 2. The summed E-state index contributed by atoms with van der Waals surface area (Å²) in [4.78, 5) is 58.6. The Balaban J connectivity index is 1.55. The van der Waals surface area contributed by atoms with Crippen LogP contribution < -0.4 is 4.90 Å². The molecular formula is C39H25BrN2O5. The molecule has 2 fully saturated rings. The second-order valence-corrected chi connectivity index (χ2v) is 12.9. The van der Waals surface area contributed by atoms with E-state index in [1.807, 2.05) is 121 Å². The first-order valence-corrected chi connectivity index (χ1v) is 16.0. The summed E-state index contributed by atoms with van der Waals surface area (Å²) in [6.07, 6.45) is 0. The van der Waals surface area contributed by atoms with Crippen LogP contribution in [0.15, 0.2) is 144 Å². The minimum absolute atomic E-state index is 0.122. The van der Waals surface area contributed by atoms with Crippen molar-refractivity contribution in [3.05, 3.63) is 176 Å². The Labute approximate surface area is 278 Å². The molecule has 0 unspecified atom stereocenters. The number of anilines is 1. The SMILES string of the molecule is O=C1[C@H]2[C@H](C(=O)N1c1ccc(Br)cc1[N+](=O)[O-])[C@@]1(c3ccccc3)C(=O)[C@@]2(c2ccccc2)C(c2ccccc2)=C1c1ccccc1. The van der Waals surface area contributed by atoms with Gasteiger partial charge in [-0.2, -0.15) is 0 Å². The van der Waals surface area contributed by atoms with Gasteiger partial charge in [0.05, 0.1) is 27.6 Å². The molecule has 1 heterocycles. The molecule has 3 aliphatic rings. The Kier molecular flexibility index (Phi) is 6.49. The van der Waals surface area contributed by atoms with E-state index in [2.05, 4.69) is 15.9 Å². The zero-order chi connectivity index (χ0) is 32.5. The summed E-state index contributed by atoms with van der Waals surface area (Å²) in [5.74, 6) is -3.87. The summed E-state index contributed by atoms with van der Waals surface area (Å²) in [6, 6.07) is 41.8. The van der Waals surface area contributed by atoms with Gasteiger partial charge in [-0.15, -0.1) is 0 Å². The largest absolute Gasteiger partial charge is 0.297 e. The normalized spacial score (nSPS) is 24.6.